The van der Waals surface area contributed by atoms with E-state index in [2.05, 4.69) is 30.1 Å². The summed E-state index contributed by atoms with van der Waals surface area (Å²) in [7, 11) is 1.66. The third-order valence-corrected chi connectivity index (χ3v) is 3.91. The maximum Gasteiger partial charge on any atom is 0.121 e. The largest absolute Gasteiger partial charge is 0.497 e. The van der Waals surface area contributed by atoms with Crippen LogP contribution >= 0.6 is 0 Å². The van der Waals surface area contributed by atoms with Gasteiger partial charge in [0.25, 0.3) is 0 Å². The van der Waals surface area contributed by atoms with E-state index in [4.69, 9.17) is 10.5 Å². The van der Waals surface area contributed by atoms with Gasteiger partial charge in [-0.2, -0.15) is 0 Å². The molecule has 0 aliphatic rings. The second kappa shape index (κ2) is 5.44. The Morgan fingerprint density at radius 1 is 1.05 bits per heavy atom. The molecule has 0 aliphatic carbocycles. The number of nitrogens with zero attached hydrogens (tertiary/aromatic N) is 1. The molecule has 1 heterocycles. The number of para-hydroxylation sites is 1. The molecule has 0 fully saturated rings. The molecule has 1 unspecified atom stereocenters. The van der Waals surface area contributed by atoms with Crippen LogP contribution in [0.25, 0.3) is 10.9 Å². The number of hydrogen-bond donors (Lipinski definition) is 1. The average molecular weight is 278 g/mol. The topological polar surface area (TPSA) is 48.1 Å². The fraction of sp³-hybridized carbons (Fsp3) is 0.167. The van der Waals surface area contributed by atoms with Gasteiger partial charge in [-0.15, -0.1) is 0 Å². The standard InChI is InChI=1S/C18H18N2O/c1-12(15-5-3-4-6-17(15)19)14-9-10-20-18-11-13(21-2)7-8-16(14)18/h3-12H,19H2,1-2H3. The Bertz CT molecular complexity index is 783. The summed E-state index contributed by atoms with van der Waals surface area (Å²) < 4.78 is 5.27. The van der Waals surface area contributed by atoms with Gasteiger partial charge in [-0.1, -0.05) is 25.1 Å². The Labute approximate surface area is 124 Å². The Balaban J connectivity index is 2.14. The summed E-state index contributed by atoms with van der Waals surface area (Å²) in [5, 5.41) is 1.13. The van der Waals surface area contributed by atoms with Crippen LogP contribution < -0.4 is 10.5 Å². The van der Waals surface area contributed by atoms with Gasteiger partial charge in [0.1, 0.15) is 5.75 Å². The summed E-state index contributed by atoms with van der Waals surface area (Å²) in [5.41, 5.74) is 10.2. The number of methoxy groups -OCH3 is 1. The molecule has 1 atom stereocenters. The minimum absolute atomic E-state index is 0.213. The maximum absolute atomic E-state index is 6.11. The van der Waals surface area contributed by atoms with E-state index in [1.165, 1.54) is 5.56 Å². The normalized spacial score (nSPS) is 12.3. The van der Waals surface area contributed by atoms with Crippen LogP contribution in [0, 0.1) is 0 Å². The summed E-state index contributed by atoms with van der Waals surface area (Å²) in [6.07, 6.45) is 1.84. The van der Waals surface area contributed by atoms with Crippen molar-refractivity contribution in [2.45, 2.75) is 12.8 Å². The first kappa shape index (κ1) is 13.4. The smallest absolute Gasteiger partial charge is 0.121 e. The Kier molecular flexibility index (Phi) is 3.48. The molecule has 0 spiro atoms. The van der Waals surface area contributed by atoms with E-state index in [1.807, 2.05) is 36.5 Å². The summed E-state index contributed by atoms with van der Waals surface area (Å²) in [4.78, 5) is 4.44. The Morgan fingerprint density at radius 2 is 1.86 bits per heavy atom. The number of pyridine rings is 1. The SMILES string of the molecule is COc1ccc2c(C(C)c3ccccc3N)ccnc2c1. The van der Waals surface area contributed by atoms with Crippen molar-refractivity contribution in [3.8, 4) is 5.75 Å². The van der Waals surface area contributed by atoms with E-state index in [1.54, 1.807) is 7.11 Å². The first-order chi connectivity index (χ1) is 10.2. The van der Waals surface area contributed by atoms with Crippen molar-refractivity contribution < 1.29 is 4.74 Å². The van der Waals surface area contributed by atoms with E-state index in [-0.39, 0.29) is 5.92 Å². The van der Waals surface area contributed by atoms with Gasteiger partial charge in [0.2, 0.25) is 0 Å². The number of aromatic nitrogens is 1. The van der Waals surface area contributed by atoms with Crippen molar-refractivity contribution in [2.75, 3.05) is 12.8 Å². The molecule has 0 saturated heterocycles. The van der Waals surface area contributed by atoms with Gasteiger partial charge in [-0.3, -0.25) is 4.98 Å². The molecule has 1 aromatic heterocycles. The van der Waals surface area contributed by atoms with E-state index < -0.39 is 0 Å². The van der Waals surface area contributed by atoms with Crippen molar-refractivity contribution in [2.24, 2.45) is 0 Å². The summed E-state index contributed by atoms with van der Waals surface area (Å²) in [6, 6.07) is 16.1. The molecule has 3 aromatic rings. The monoisotopic (exact) mass is 278 g/mol. The lowest BCUT2D eigenvalue weighted by molar-refractivity contribution is 0.415. The number of nitrogen functional groups attached to an aromatic ring is 1. The van der Waals surface area contributed by atoms with Crippen molar-refractivity contribution in [1.29, 1.82) is 0 Å². The molecule has 2 N–H and O–H groups in total. The molecule has 0 aliphatic heterocycles. The van der Waals surface area contributed by atoms with Crippen LogP contribution in [0.4, 0.5) is 5.69 Å². The van der Waals surface area contributed by atoms with Gasteiger partial charge in [0, 0.05) is 29.3 Å². The van der Waals surface area contributed by atoms with E-state index in [9.17, 15) is 0 Å². The van der Waals surface area contributed by atoms with Crippen LogP contribution in [0.15, 0.2) is 54.7 Å². The van der Waals surface area contributed by atoms with Crippen LogP contribution in [0.2, 0.25) is 0 Å². The third-order valence-electron chi connectivity index (χ3n) is 3.91. The van der Waals surface area contributed by atoms with Gasteiger partial charge >= 0.3 is 0 Å². The number of fused-ring (bicyclic) bond motifs is 1. The number of ether oxygens (including phenoxy) is 1. The Hall–Kier alpha value is -2.55. The fourth-order valence-corrected chi connectivity index (χ4v) is 2.73. The first-order valence-corrected chi connectivity index (χ1v) is 6.97. The maximum atomic E-state index is 6.11. The van der Waals surface area contributed by atoms with E-state index in [0.717, 1.165) is 27.9 Å². The highest BCUT2D eigenvalue weighted by Gasteiger charge is 2.14. The van der Waals surface area contributed by atoms with Crippen LogP contribution in [-0.2, 0) is 0 Å². The minimum Gasteiger partial charge on any atom is -0.497 e. The summed E-state index contributed by atoms with van der Waals surface area (Å²) in [5.74, 6) is 1.03. The highest BCUT2D eigenvalue weighted by atomic mass is 16.5. The second-order valence-corrected chi connectivity index (χ2v) is 5.13. The number of benzene rings is 2. The summed E-state index contributed by atoms with van der Waals surface area (Å²) in [6.45, 7) is 2.17. The lowest BCUT2D eigenvalue weighted by atomic mass is 9.90. The summed E-state index contributed by atoms with van der Waals surface area (Å²) >= 11 is 0. The quantitative estimate of drug-likeness (QED) is 0.737. The van der Waals surface area contributed by atoms with Crippen molar-refractivity contribution in [3.05, 3.63) is 65.9 Å². The first-order valence-electron chi connectivity index (χ1n) is 6.97. The molecule has 3 rings (SSSR count). The van der Waals surface area contributed by atoms with E-state index in [0.29, 0.717) is 0 Å². The second-order valence-electron chi connectivity index (χ2n) is 5.13. The zero-order valence-corrected chi connectivity index (χ0v) is 12.2. The molecule has 3 nitrogen and oxygen atoms in total. The average Bonchev–Trinajstić information content (AvgIpc) is 2.53. The van der Waals surface area contributed by atoms with Crippen molar-refractivity contribution >= 4 is 16.6 Å². The van der Waals surface area contributed by atoms with Gasteiger partial charge in [-0.05, 0) is 35.4 Å². The molecule has 106 valence electrons. The molecular weight excluding hydrogens is 260 g/mol. The molecule has 0 bridgehead atoms. The zero-order chi connectivity index (χ0) is 14.8. The van der Waals surface area contributed by atoms with Gasteiger partial charge in [0.05, 0.1) is 12.6 Å². The highest BCUT2D eigenvalue weighted by Crippen LogP contribution is 2.33. The molecule has 0 amide bonds. The third kappa shape index (κ3) is 2.42. The number of nitrogens with two attached hydrogens (primary N) is 1. The zero-order valence-electron chi connectivity index (χ0n) is 12.2. The molecule has 3 heteroatoms. The number of hydrogen-bond acceptors (Lipinski definition) is 3. The highest BCUT2D eigenvalue weighted by molar-refractivity contribution is 5.84. The number of anilines is 1. The molecule has 0 radical (unpaired) electrons. The molecular formula is C18H18N2O. The Morgan fingerprint density at radius 3 is 2.62 bits per heavy atom. The van der Waals surface area contributed by atoms with Gasteiger partial charge in [0.15, 0.2) is 0 Å². The predicted molar refractivity (Wildman–Crippen MR) is 86.7 cm³/mol. The number of rotatable bonds is 3. The lowest BCUT2D eigenvalue weighted by Crippen LogP contribution is -2.02. The molecule has 0 saturated carbocycles. The van der Waals surface area contributed by atoms with Crippen LogP contribution in [0.3, 0.4) is 0 Å². The van der Waals surface area contributed by atoms with Gasteiger partial charge in [-0.25, -0.2) is 0 Å². The predicted octanol–water partition coefficient (Wildman–Crippen LogP) is 3.98. The van der Waals surface area contributed by atoms with Crippen LogP contribution in [0.1, 0.15) is 24.0 Å². The van der Waals surface area contributed by atoms with Crippen molar-refractivity contribution in [3.63, 3.8) is 0 Å². The van der Waals surface area contributed by atoms with Crippen LogP contribution in [-0.4, -0.2) is 12.1 Å². The molecule has 2 aromatic carbocycles. The molecule has 21 heavy (non-hydrogen) atoms. The van der Waals surface area contributed by atoms with Gasteiger partial charge < -0.3 is 10.5 Å². The van der Waals surface area contributed by atoms with Crippen LogP contribution in [0.5, 0.6) is 5.75 Å². The minimum atomic E-state index is 0.213. The van der Waals surface area contributed by atoms with E-state index >= 15 is 0 Å². The fourth-order valence-electron chi connectivity index (χ4n) is 2.73. The van der Waals surface area contributed by atoms with Crippen molar-refractivity contribution in [1.82, 2.24) is 4.98 Å². The lowest BCUT2D eigenvalue weighted by Gasteiger charge is -2.17.